The average Bonchev–Trinajstić information content (AvgIpc) is 3.22. The quantitative estimate of drug-likeness (QED) is 0.516. The number of ether oxygens (including phenoxy) is 2. The highest BCUT2D eigenvalue weighted by Gasteiger charge is 2.15. The van der Waals surface area contributed by atoms with Crippen LogP contribution in [0.5, 0.6) is 11.5 Å². The van der Waals surface area contributed by atoms with Crippen LogP contribution in [0.15, 0.2) is 59.2 Å². The molecule has 7 heteroatoms. The van der Waals surface area contributed by atoms with Gasteiger partial charge < -0.3 is 14.8 Å². The highest BCUT2D eigenvalue weighted by Crippen LogP contribution is 2.36. The summed E-state index contributed by atoms with van der Waals surface area (Å²) in [6, 6.07) is 15.3. The number of carbonyl (C=O) groups is 1. The molecule has 0 unspecified atom stereocenters. The first kappa shape index (κ1) is 20.9. The largest absolute Gasteiger partial charge is 0.493 e. The number of nitrogens with zero attached hydrogens (tertiary/aromatic N) is 2. The molecule has 3 rings (SSSR count). The number of hydrogen-bond donors (Lipinski definition) is 1. The van der Waals surface area contributed by atoms with E-state index in [0.717, 1.165) is 17.8 Å². The van der Waals surface area contributed by atoms with Gasteiger partial charge in [-0.3, -0.25) is 4.79 Å². The molecule has 0 saturated heterocycles. The molecule has 1 amide bonds. The van der Waals surface area contributed by atoms with Crippen LogP contribution in [0.1, 0.15) is 29.4 Å². The van der Waals surface area contributed by atoms with Gasteiger partial charge in [0.15, 0.2) is 11.5 Å². The molecule has 0 radical (unpaired) electrons. The van der Waals surface area contributed by atoms with Crippen molar-refractivity contribution in [2.45, 2.75) is 19.8 Å². The second kappa shape index (κ2) is 10.1. The van der Waals surface area contributed by atoms with Crippen molar-refractivity contribution in [3.63, 3.8) is 0 Å². The van der Waals surface area contributed by atoms with Crippen LogP contribution in [0.25, 0.3) is 5.69 Å². The molecule has 1 aromatic heterocycles. The van der Waals surface area contributed by atoms with Gasteiger partial charge in [0.05, 0.1) is 29.6 Å². The maximum absolute atomic E-state index is 12.6. The molecule has 0 aliphatic heterocycles. The normalized spacial score (nSPS) is 10.6. The van der Waals surface area contributed by atoms with E-state index < -0.39 is 0 Å². The Morgan fingerprint density at radius 2 is 2.00 bits per heavy atom. The fraction of sp³-hybridized carbons (Fsp3) is 0.273. The Hall–Kier alpha value is -2.80. The lowest BCUT2D eigenvalue weighted by Crippen LogP contribution is -2.26. The molecule has 0 spiro atoms. The summed E-state index contributed by atoms with van der Waals surface area (Å²) >= 11 is 3.47. The molecular formula is C22H24BrN3O3. The van der Waals surface area contributed by atoms with Crippen LogP contribution < -0.4 is 14.8 Å². The van der Waals surface area contributed by atoms with E-state index in [1.807, 2.05) is 54.2 Å². The Kier molecular flexibility index (Phi) is 7.30. The fourth-order valence-corrected chi connectivity index (χ4v) is 3.38. The summed E-state index contributed by atoms with van der Waals surface area (Å²) in [4.78, 5) is 12.6. The summed E-state index contributed by atoms with van der Waals surface area (Å²) in [5.74, 6) is 0.963. The number of aromatic nitrogens is 2. The smallest absolute Gasteiger partial charge is 0.251 e. The number of methoxy groups -OCH3 is 1. The minimum Gasteiger partial charge on any atom is -0.493 e. The summed E-state index contributed by atoms with van der Waals surface area (Å²) in [6.45, 7) is 3.10. The van der Waals surface area contributed by atoms with Crippen molar-refractivity contribution < 1.29 is 14.3 Å². The Bertz CT molecular complexity index is 957. The SMILES string of the molecule is CCCOc1c(Br)cc(C(=O)NCCc2ccn(-c3ccccc3)n2)cc1OC. The number of amides is 1. The molecule has 29 heavy (non-hydrogen) atoms. The summed E-state index contributed by atoms with van der Waals surface area (Å²) in [5, 5.41) is 7.49. The van der Waals surface area contributed by atoms with Gasteiger partial charge in [0.1, 0.15) is 0 Å². The van der Waals surface area contributed by atoms with Crippen LogP contribution in [0.2, 0.25) is 0 Å². The van der Waals surface area contributed by atoms with Crippen LogP contribution in [0, 0.1) is 0 Å². The lowest BCUT2D eigenvalue weighted by molar-refractivity contribution is 0.0953. The summed E-state index contributed by atoms with van der Waals surface area (Å²) in [7, 11) is 1.56. The fourth-order valence-electron chi connectivity index (χ4n) is 2.82. The Labute approximate surface area is 179 Å². The van der Waals surface area contributed by atoms with E-state index in [-0.39, 0.29) is 5.91 Å². The highest BCUT2D eigenvalue weighted by atomic mass is 79.9. The van der Waals surface area contributed by atoms with Crippen LogP contribution in [0.3, 0.4) is 0 Å². The third-order valence-electron chi connectivity index (χ3n) is 4.27. The molecule has 0 saturated carbocycles. The van der Waals surface area contributed by atoms with Crippen molar-refractivity contribution in [2.24, 2.45) is 0 Å². The minimum atomic E-state index is -0.173. The minimum absolute atomic E-state index is 0.173. The monoisotopic (exact) mass is 457 g/mol. The molecule has 152 valence electrons. The second-order valence-corrected chi connectivity index (χ2v) is 7.29. The molecule has 0 aliphatic rings. The van der Waals surface area contributed by atoms with Gasteiger partial charge in [-0.1, -0.05) is 25.1 Å². The molecule has 6 nitrogen and oxygen atoms in total. The number of carbonyl (C=O) groups excluding carboxylic acids is 1. The first-order chi connectivity index (χ1) is 14.1. The van der Waals surface area contributed by atoms with Gasteiger partial charge in [-0.05, 0) is 52.7 Å². The summed E-state index contributed by atoms with van der Waals surface area (Å²) in [5.41, 5.74) is 2.42. The van der Waals surface area contributed by atoms with Crippen molar-refractivity contribution in [3.05, 3.63) is 70.5 Å². The first-order valence-corrected chi connectivity index (χ1v) is 10.3. The maximum atomic E-state index is 12.6. The van der Waals surface area contributed by atoms with Gasteiger partial charge in [0, 0.05) is 24.7 Å². The number of halogens is 1. The Morgan fingerprint density at radius 3 is 2.72 bits per heavy atom. The second-order valence-electron chi connectivity index (χ2n) is 6.43. The predicted molar refractivity (Wildman–Crippen MR) is 116 cm³/mol. The topological polar surface area (TPSA) is 65.4 Å². The van der Waals surface area contributed by atoms with Crippen LogP contribution in [0.4, 0.5) is 0 Å². The standard InChI is InChI=1S/C22H24BrN3O3/c1-3-13-29-21-19(23)14-16(15-20(21)28-2)22(27)24-11-9-17-10-12-26(25-17)18-7-5-4-6-8-18/h4-8,10,12,14-15H,3,9,11,13H2,1-2H3,(H,24,27). The number of rotatable bonds is 9. The van der Waals surface area contributed by atoms with Crippen molar-refractivity contribution in [1.29, 1.82) is 0 Å². The van der Waals surface area contributed by atoms with E-state index in [9.17, 15) is 4.79 Å². The van der Waals surface area contributed by atoms with E-state index in [0.29, 0.717) is 41.1 Å². The molecule has 1 heterocycles. The zero-order chi connectivity index (χ0) is 20.6. The van der Waals surface area contributed by atoms with Gasteiger partial charge in [-0.25, -0.2) is 4.68 Å². The van der Waals surface area contributed by atoms with Crippen molar-refractivity contribution in [2.75, 3.05) is 20.3 Å². The lowest BCUT2D eigenvalue weighted by atomic mass is 10.2. The van der Waals surface area contributed by atoms with Crippen LogP contribution >= 0.6 is 15.9 Å². The number of para-hydroxylation sites is 1. The molecule has 3 aromatic rings. The zero-order valence-electron chi connectivity index (χ0n) is 16.5. The number of benzene rings is 2. The first-order valence-electron chi connectivity index (χ1n) is 9.51. The Morgan fingerprint density at radius 1 is 1.21 bits per heavy atom. The van der Waals surface area contributed by atoms with Gasteiger partial charge in [-0.15, -0.1) is 0 Å². The average molecular weight is 458 g/mol. The molecule has 2 aromatic carbocycles. The summed E-state index contributed by atoms with van der Waals surface area (Å²) < 4.78 is 13.6. The number of hydrogen-bond acceptors (Lipinski definition) is 4. The van der Waals surface area contributed by atoms with Crippen molar-refractivity contribution >= 4 is 21.8 Å². The van der Waals surface area contributed by atoms with E-state index in [2.05, 4.69) is 26.3 Å². The molecule has 0 fully saturated rings. The van der Waals surface area contributed by atoms with E-state index in [1.165, 1.54) is 0 Å². The third-order valence-corrected chi connectivity index (χ3v) is 4.86. The van der Waals surface area contributed by atoms with E-state index in [1.54, 1.807) is 19.2 Å². The van der Waals surface area contributed by atoms with E-state index >= 15 is 0 Å². The summed E-state index contributed by atoms with van der Waals surface area (Å²) in [6.07, 6.45) is 3.45. The predicted octanol–water partition coefficient (Wildman–Crippen LogP) is 4.40. The lowest BCUT2D eigenvalue weighted by Gasteiger charge is -2.14. The van der Waals surface area contributed by atoms with Gasteiger partial charge in [0.2, 0.25) is 0 Å². The van der Waals surface area contributed by atoms with E-state index in [4.69, 9.17) is 9.47 Å². The number of nitrogens with one attached hydrogen (secondary N) is 1. The van der Waals surface area contributed by atoms with Gasteiger partial charge in [-0.2, -0.15) is 5.10 Å². The highest BCUT2D eigenvalue weighted by molar-refractivity contribution is 9.10. The van der Waals surface area contributed by atoms with Gasteiger partial charge in [0.25, 0.3) is 5.91 Å². The maximum Gasteiger partial charge on any atom is 0.251 e. The van der Waals surface area contributed by atoms with Crippen LogP contribution in [-0.2, 0) is 6.42 Å². The Balaban J connectivity index is 1.60. The molecule has 0 bridgehead atoms. The van der Waals surface area contributed by atoms with Crippen LogP contribution in [-0.4, -0.2) is 35.9 Å². The molecular weight excluding hydrogens is 434 g/mol. The zero-order valence-corrected chi connectivity index (χ0v) is 18.1. The molecule has 1 N–H and O–H groups in total. The molecule has 0 atom stereocenters. The van der Waals surface area contributed by atoms with Gasteiger partial charge >= 0.3 is 0 Å². The molecule has 0 aliphatic carbocycles. The van der Waals surface area contributed by atoms with Crippen molar-refractivity contribution in [1.82, 2.24) is 15.1 Å². The third kappa shape index (κ3) is 5.38. The van der Waals surface area contributed by atoms with Crippen molar-refractivity contribution in [3.8, 4) is 17.2 Å².